The van der Waals surface area contributed by atoms with E-state index in [0.717, 1.165) is 44.9 Å². The Morgan fingerprint density at radius 1 is 1.10 bits per heavy atom. The van der Waals surface area contributed by atoms with Crippen molar-refractivity contribution in [1.29, 1.82) is 0 Å². The van der Waals surface area contributed by atoms with Crippen LogP contribution in [0.2, 0.25) is 0 Å². The molecule has 0 aliphatic carbocycles. The predicted molar refractivity (Wildman–Crippen MR) is 81.6 cm³/mol. The van der Waals surface area contributed by atoms with Gasteiger partial charge in [-0.2, -0.15) is 0 Å². The highest BCUT2D eigenvalue weighted by atomic mass is 16.5. The second kappa shape index (κ2) is 7.78. The molecular formula is C17H25NO3. The number of hydrogen-bond acceptors (Lipinski definition) is 4. The molecule has 2 aliphatic rings. The van der Waals surface area contributed by atoms with Crippen LogP contribution in [0.1, 0.15) is 31.2 Å². The fraction of sp³-hybridized carbons (Fsp3) is 0.647. The summed E-state index contributed by atoms with van der Waals surface area (Å²) in [6.45, 7) is 4.24. The summed E-state index contributed by atoms with van der Waals surface area (Å²) in [6, 6.07) is 8.30. The third-order valence-corrected chi connectivity index (χ3v) is 4.08. The van der Waals surface area contributed by atoms with Gasteiger partial charge in [0.1, 0.15) is 12.4 Å². The minimum atomic E-state index is 0.270. The fourth-order valence-corrected chi connectivity index (χ4v) is 2.89. The zero-order chi connectivity index (χ0) is 14.3. The zero-order valence-electron chi connectivity index (χ0n) is 12.6. The van der Waals surface area contributed by atoms with Gasteiger partial charge in [0.25, 0.3) is 0 Å². The van der Waals surface area contributed by atoms with E-state index in [0.29, 0.717) is 12.7 Å². The van der Waals surface area contributed by atoms with Gasteiger partial charge in [-0.3, -0.25) is 0 Å². The SMILES string of the molecule is c1cc(CNCC2CCCO2)cc(OCC2CCCO2)c1. The summed E-state index contributed by atoms with van der Waals surface area (Å²) >= 11 is 0. The number of benzene rings is 1. The average molecular weight is 291 g/mol. The van der Waals surface area contributed by atoms with E-state index >= 15 is 0 Å². The van der Waals surface area contributed by atoms with Crippen LogP contribution in [0.25, 0.3) is 0 Å². The Morgan fingerprint density at radius 3 is 2.67 bits per heavy atom. The van der Waals surface area contributed by atoms with Gasteiger partial charge >= 0.3 is 0 Å². The molecule has 0 radical (unpaired) electrons. The van der Waals surface area contributed by atoms with Crippen molar-refractivity contribution in [1.82, 2.24) is 5.32 Å². The Bertz CT molecular complexity index is 426. The Kier molecular flexibility index (Phi) is 5.49. The molecule has 2 atom stereocenters. The van der Waals surface area contributed by atoms with Gasteiger partial charge < -0.3 is 19.5 Å². The summed E-state index contributed by atoms with van der Waals surface area (Å²) < 4.78 is 17.0. The summed E-state index contributed by atoms with van der Waals surface area (Å²) in [5.41, 5.74) is 1.25. The van der Waals surface area contributed by atoms with Crippen LogP contribution in [-0.2, 0) is 16.0 Å². The lowest BCUT2D eigenvalue weighted by molar-refractivity contribution is 0.0679. The van der Waals surface area contributed by atoms with E-state index in [1.54, 1.807) is 0 Å². The van der Waals surface area contributed by atoms with Crippen LogP contribution in [0.5, 0.6) is 5.75 Å². The molecule has 2 heterocycles. The van der Waals surface area contributed by atoms with Crippen molar-refractivity contribution in [2.75, 3.05) is 26.4 Å². The van der Waals surface area contributed by atoms with Crippen LogP contribution in [0, 0.1) is 0 Å². The van der Waals surface area contributed by atoms with Crippen LogP contribution in [-0.4, -0.2) is 38.6 Å². The Morgan fingerprint density at radius 2 is 1.90 bits per heavy atom. The molecular weight excluding hydrogens is 266 g/mol. The summed E-state index contributed by atoms with van der Waals surface area (Å²) in [4.78, 5) is 0. The van der Waals surface area contributed by atoms with Crippen LogP contribution in [0.3, 0.4) is 0 Å². The number of rotatable bonds is 7. The van der Waals surface area contributed by atoms with Crippen molar-refractivity contribution in [2.45, 2.75) is 44.4 Å². The normalized spacial score (nSPS) is 25.3. The minimum Gasteiger partial charge on any atom is -0.491 e. The van der Waals surface area contributed by atoms with Crippen molar-refractivity contribution < 1.29 is 14.2 Å². The van der Waals surface area contributed by atoms with Gasteiger partial charge in [0.15, 0.2) is 0 Å². The lowest BCUT2D eigenvalue weighted by Crippen LogP contribution is -2.25. The van der Waals surface area contributed by atoms with Crippen molar-refractivity contribution in [3.63, 3.8) is 0 Å². The summed E-state index contributed by atoms with van der Waals surface area (Å²) in [5, 5.41) is 3.46. The van der Waals surface area contributed by atoms with Gasteiger partial charge in [-0.1, -0.05) is 12.1 Å². The second-order valence-electron chi connectivity index (χ2n) is 5.86. The first kappa shape index (κ1) is 14.8. The summed E-state index contributed by atoms with van der Waals surface area (Å²) in [7, 11) is 0. The Balaban J connectivity index is 1.41. The largest absolute Gasteiger partial charge is 0.491 e. The highest BCUT2D eigenvalue weighted by Crippen LogP contribution is 2.17. The molecule has 0 saturated carbocycles. The van der Waals surface area contributed by atoms with E-state index in [9.17, 15) is 0 Å². The molecule has 116 valence electrons. The van der Waals surface area contributed by atoms with E-state index in [2.05, 4.69) is 17.4 Å². The molecule has 0 aromatic heterocycles. The van der Waals surface area contributed by atoms with Gasteiger partial charge in [0, 0.05) is 26.3 Å². The molecule has 2 unspecified atom stereocenters. The van der Waals surface area contributed by atoms with E-state index in [4.69, 9.17) is 14.2 Å². The second-order valence-corrected chi connectivity index (χ2v) is 5.86. The fourth-order valence-electron chi connectivity index (χ4n) is 2.89. The number of nitrogens with one attached hydrogen (secondary N) is 1. The molecule has 2 saturated heterocycles. The maximum Gasteiger partial charge on any atom is 0.119 e. The highest BCUT2D eigenvalue weighted by Gasteiger charge is 2.16. The standard InChI is InChI=1S/C17H25NO3/c1-4-14(11-18-12-16-6-2-8-19-16)10-15(5-1)21-13-17-7-3-9-20-17/h1,4-5,10,16-18H,2-3,6-9,11-13H2. The van der Waals surface area contributed by atoms with E-state index in [1.165, 1.54) is 18.4 Å². The smallest absolute Gasteiger partial charge is 0.119 e. The molecule has 0 bridgehead atoms. The quantitative estimate of drug-likeness (QED) is 0.838. The molecule has 4 heteroatoms. The van der Waals surface area contributed by atoms with Gasteiger partial charge in [-0.25, -0.2) is 0 Å². The third kappa shape index (κ3) is 4.70. The summed E-state index contributed by atoms with van der Waals surface area (Å²) in [6.07, 6.45) is 5.30. The lowest BCUT2D eigenvalue weighted by atomic mass is 10.2. The van der Waals surface area contributed by atoms with E-state index < -0.39 is 0 Å². The number of ether oxygens (including phenoxy) is 3. The summed E-state index contributed by atoms with van der Waals surface area (Å²) in [5.74, 6) is 0.932. The molecule has 2 aliphatic heterocycles. The number of hydrogen-bond donors (Lipinski definition) is 1. The molecule has 0 spiro atoms. The molecule has 0 amide bonds. The Hall–Kier alpha value is -1.10. The van der Waals surface area contributed by atoms with Crippen molar-refractivity contribution in [3.8, 4) is 5.75 Å². The van der Waals surface area contributed by atoms with Gasteiger partial charge in [0.05, 0.1) is 12.2 Å². The van der Waals surface area contributed by atoms with Gasteiger partial charge in [0.2, 0.25) is 0 Å². The average Bonchev–Trinajstić information content (AvgIpc) is 3.19. The molecule has 3 rings (SSSR count). The molecule has 2 fully saturated rings. The van der Waals surface area contributed by atoms with Crippen LogP contribution in [0.4, 0.5) is 0 Å². The first-order chi connectivity index (χ1) is 10.4. The van der Waals surface area contributed by atoms with Gasteiger partial charge in [-0.15, -0.1) is 0 Å². The molecule has 4 nitrogen and oxygen atoms in total. The van der Waals surface area contributed by atoms with Gasteiger partial charge in [-0.05, 0) is 43.4 Å². The van der Waals surface area contributed by atoms with Crippen LogP contribution in [0.15, 0.2) is 24.3 Å². The van der Waals surface area contributed by atoms with Crippen molar-refractivity contribution >= 4 is 0 Å². The van der Waals surface area contributed by atoms with Crippen molar-refractivity contribution in [3.05, 3.63) is 29.8 Å². The molecule has 1 aromatic rings. The maximum atomic E-state index is 5.83. The first-order valence-corrected chi connectivity index (χ1v) is 8.06. The predicted octanol–water partition coefficient (Wildman–Crippen LogP) is 2.51. The van der Waals surface area contributed by atoms with Crippen LogP contribution < -0.4 is 10.1 Å². The van der Waals surface area contributed by atoms with E-state index in [1.807, 2.05) is 12.1 Å². The molecule has 1 N–H and O–H groups in total. The minimum absolute atomic E-state index is 0.270. The van der Waals surface area contributed by atoms with Crippen LogP contribution >= 0.6 is 0 Å². The van der Waals surface area contributed by atoms with Crippen molar-refractivity contribution in [2.24, 2.45) is 0 Å². The topological polar surface area (TPSA) is 39.7 Å². The monoisotopic (exact) mass is 291 g/mol. The first-order valence-electron chi connectivity index (χ1n) is 8.06. The lowest BCUT2D eigenvalue weighted by Gasteiger charge is -2.13. The highest BCUT2D eigenvalue weighted by molar-refractivity contribution is 5.28. The third-order valence-electron chi connectivity index (χ3n) is 4.08. The zero-order valence-corrected chi connectivity index (χ0v) is 12.6. The van der Waals surface area contributed by atoms with E-state index in [-0.39, 0.29) is 6.10 Å². The Labute approximate surface area is 126 Å². The molecule has 21 heavy (non-hydrogen) atoms. The maximum absolute atomic E-state index is 5.83. The molecule has 1 aromatic carbocycles.